The molecule has 0 spiro atoms. The van der Waals surface area contributed by atoms with Gasteiger partial charge in [-0.2, -0.15) is 0 Å². The number of nitrogens with zero attached hydrogens (tertiary/aromatic N) is 1. The summed E-state index contributed by atoms with van der Waals surface area (Å²) in [4.78, 5) is 24.5. The Kier molecular flexibility index (Phi) is 3.38. The molecule has 5 nitrogen and oxygen atoms in total. The van der Waals surface area contributed by atoms with Gasteiger partial charge in [0.05, 0.1) is 7.11 Å². The quantitative estimate of drug-likeness (QED) is 0.401. The van der Waals surface area contributed by atoms with Gasteiger partial charge >= 0.3 is 6.03 Å². The Morgan fingerprint density at radius 2 is 2.33 bits per heavy atom. The first-order valence-corrected chi connectivity index (χ1v) is 2.24. The molecular weight excluding hydrogens is 124 g/mol. The molecule has 0 aliphatic rings. The molecule has 5 heteroatoms. The van der Waals surface area contributed by atoms with Crippen LogP contribution in [-0.4, -0.2) is 31.7 Å². The van der Waals surface area contributed by atoms with E-state index in [0.717, 1.165) is 5.06 Å². The van der Waals surface area contributed by atoms with Gasteiger partial charge in [0.15, 0.2) is 0 Å². The summed E-state index contributed by atoms with van der Waals surface area (Å²) in [5.41, 5.74) is 0. The van der Waals surface area contributed by atoms with Gasteiger partial charge in [-0.25, -0.2) is 9.86 Å². The smallest absolute Gasteiger partial charge is 0.279 e. The molecule has 0 saturated carbocycles. The van der Waals surface area contributed by atoms with Crippen molar-refractivity contribution in [2.24, 2.45) is 0 Å². The molecule has 0 heterocycles. The number of hydroxylamine groups is 2. The van der Waals surface area contributed by atoms with Crippen molar-refractivity contribution < 1.29 is 14.4 Å². The summed E-state index contributed by atoms with van der Waals surface area (Å²) >= 11 is 0. The third-order valence-electron chi connectivity index (χ3n) is 0.742. The second-order valence-corrected chi connectivity index (χ2v) is 1.25. The van der Waals surface area contributed by atoms with Crippen molar-refractivity contribution in [3.05, 3.63) is 0 Å². The van der Waals surface area contributed by atoms with Gasteiger partial charge in [0.1, 0.15) is 0 Å². The van der Waals surface area contributed by atoms with Gasteiger partial charge in [-0.05, 0) is 0 Å². The molecule has 0 rings (SSSR count). The molecule has 0 fully saturated rings. The predicted molar refractivity (Wildman–Crippen MR) is 29.4 cm³/mol. The van der Waals surface area contributed by atoms with Crippen molar-refractivity contribution in [3.63, 3.8) is 0 Å². The normalized spacial score (nSPS) is 8.22. The number of urea groups is 1. The first-order chi connectivity index (χ1) is 4.22. The summed E-state index contributed by atoms with van der Waals surface area (Å²) in [6.45, 7) is 0. The summed E-state index contributed by atoms with van der Waals surface area (Å²) in [5.74, 6) is 0. The van der Waals surface area contributed by atoms with Crippen LogP contribution in [0.25, 0.3) is 0 Å². The lowest BCUT2D eigenvalue weighted by Crippen LogP contribution is -2.35. The van der Waals surface area contributed by atoms with Crippen LogP contribution < -0.4 is 5.32 Å². The van der Waals surface area contributed by atoms with E-state index in [0.29, 0.717) is 0 Å². The van der Waals surface area contributed by atoms with E-state index in [2.05, 4.69) is 4.84 Å². The zero-order valence-corrected chi connectivity index (χ0v) is 5.25. The van der Waals surface area contributed by atoms with Crippen LogP contribution in [0, 0.1) is 0 Å². The predicted octanol–water partition coefficient (Wildman–Crippen LogP) is -0.654. The Hall–Kier alpha value is -1.10. The lowest BCUT2D eigenvalue weighted by molar-refractivity contribution is -0.110. The standard InChI is InChI=1S/C4H8N2O3/c1-6(9-2)4(8)5-3-7/h3H,1-2H3,(H,5,7,8). The molecule has 0 aromatic heterocycles. The van der Waals surface area contributed by atoms with E-state index in [-0.39, 0.29) is 6.41 Å². The van der Waals surface area contributed by atoms with Gasteiger partial charge in [0.2, 0.25) is 6.41 Å². The van der Waals surface area contributed by atoms with Gasteiger partial charge in [0, 0.05) is 7.05 Å². The molecule has 0 unspecified atom stereocenters. The maximum atomic E-state index is 10.4. The van der Waals surface area contributed by atoms with Gasteiger partial charge in [-0.15, -0.1) is 0 Å². The number of hydrogen-bond donors (Lipinski definition) is 1. The first-order valence-electron chi connectivity index (χ1n) is 2.24. The first kappa shape index (κ1) is 7.90. The number of hydrogen-bond acceptors (Lipinski definition) is 3. The zero-order chi connectivity index (χ0) is 7.28. The maximum Gasteiger partial charge on any atom is 0.347 e. The van der Waals surface area contributed by atoms with E-state index in [1.807, 2.05) is 5.32 Å². The van der Waals surface area contributed by atoms with Gasteiger partial charge < -0.3 is 0 Å². The van der Waals surface area contributed by atoms with Crippen LogP contribution in [0.4, 0.5) is 4.79 Å². The lowest BCUT2D eigenvalue weighted by Gasteiger charge is -2.10. The van der Waals surface area contributed by atoms with Crippen LogP contribution in [0.15, 0.2) is 0 Å². The van der Waals surface area contributed by atoms with Gasteiger partial charge in [0.25, 0.3) is 0 Å². The molecule has 0 aliphatic carbocycles. The summed E-state index contributed by atoms with van der Waals surface area (Å²) < 4.78 is 0. The molecule has 3 amide bonds. The maximum absolute atomic E-state index is 10.4. The fourth-order valence-electron chi connectivity index (χ4n) is 0.224. The van der Waals surface area contributed by atoms with Crippen molar-refractivity contribution in [3.8, 4) is 0 Å². The van der Waals surface area contributed by atoms with E-state index in [9.17, 15) is 9.59 Å². The molecule has 52 valence electrons. The molecule has 0 aromatic carbocycles. The second kappa shape index (κ2) is 3.85. The van der Waals surface area contributed by atoms with Gasteiger partial charge in [-0.3, -0.25) is 14.9 Å². The van der Waals surface area contributed by atoms with Crippen molar-refractivity contribution in [1.82, 2.24) is 10.4 Å². The molecule has 9 heavy (non-hydrogen) atoms. The summed E-state index contributed by atoms with van der Waals surface area (Å²) in [7, 11) is 2.71. The molecular formula is C4H8N2O3. The highest BCUT2D eigenvalue weighted by molar-refractivity contribution is 5.83. The fourth-order valence-corrected chi connectivity index (χ4v) is 0.224. The molecule has 0 aromatic rings. The summed E-state index contributed by atoms with van der Waals surface area (Å²) in [6.07, 6.45) is 0.290. The summed E-state index contributed by atoms with van der Waals surface area (Å²) in [5, 5.41) is 2.77. The molecule has 0 bridgehead atoms. The average Bonchev–Trinajstić information content (AvgIpc) is 1.87. The molecule has 0 aliphatic heterocycles. The van der Waals surface area contributed by atoms with Crippen LogP contribution in [0.3, 0.4) is 0 Å². The van der Waals surface area contributed by atoms with Crippen molar-refractivity contribution in [2.75, 3.05) is 14.2 Å². The Bertz CT molecular complexity index is 114. The lowest BCUT2D eigenvalue weighted by atomic mass is 10.9. The zero-order valence-electron chi connectivity index (χ0n) is 5.25. The number of rotatable bonds is 2. The second-order valence-electron chi connectivity index (χ2n) is 1.25. The van der Waals surface area contributed by atoms with Crippen molar-refractivity contribution >= 4 is 12.4 Å². The molecule has 0 saturated heterocycles. The highest BCUT2D eigenvalue weighted by atomic mass is 16.7. The van der Waals surface area contributed by atoms with Crippen LogP contribution >= 0.6 is 0 Å². The topological polar surface area (TPSA) is 58.6 Å². The Balaban J connectivity index is 3.58. The van der Waals surface area contributed by atoms with E-state index >= 15 is 0 Å². The number of carbonyl (C=O) groups excluding carboxylic acids is 2. The van der Waals surface area contributed by atoms with Crippen molar-refractivity contribution in [2.45, 2.75) is 0 Å². The van der Waals surface area contributed by atoms with Crippen LogP contribution in [0.2, 0.25) is 0 Å². The van der Waals surface area contributed by atoms with E-state index in [4.69, 9.17) is 0 Å². The highest BCUT2D eigenvalue weighted by Crippen LogP contribution is 1.79. The number of imide groups is 1. The number of carbonyl (C=O) groups is 2. The minimum atomic E-state index is -0.590. The van der Waals surface area contributed by atoms with E-state index in [1.54, 1.807) is 0 Å². The molecule has 0 radical (unpaired) electrons. The van der Waals surface area contributed by atoms with Crippen LogP contribution in [0.5, 0.6) is 0 Å². The minimum Gasteiger partial charge on any atom is -0.279 e. The number of amides is 3. The van der Waals surface area contributed by atoms with Crippen LogP contribution in [0.1, 0.15) is 0 Å². The third kappa shape index (κ3) is 2.65. The highest BCUT2D eigenvalue weighted by Gasteiger charge is 2.03. The van der Waals surface area contributed by atoms with E-state index in [1.165, 1.54) is 14.2 Å². The largest absolute Gasteiger partial charge is 0.347 e. The monoisotopic (exact) mass is 132 g/mol. The SMILES string of the molecule is CON(C)C(=O)NC=O. The molecule has 0 atom stereocenters. The van der Waals surface area contributed by atoms with E-state index < -0.39 is 6.03 Å². The number of nitrogens with one attached hydrogen (secondary N) is 1. The average molecular weight is 132 g/mol. The van der Waals surface area contributed by atoms with Gasteiger partial charge in [-0.1, -0.05) is 0 Å². The Labute approximate surface area is 52.5 Å². The summed E-state index contributed by atoms with van der Waals surface area (Å²) in [6, 6.07) is -0.590. The molecule has 1 N–H and O–H groups in total. The minimum absolute atomic E-state index is 0.290. The van der Waals surface area contributed by atoms with Crippen molar-refractivity contribution in [1.29, 1.82) is 0 Å². The Morgan fingerprint density at radius 1 is 1.78 bits per heavy atom. The Morgan fingerprint density at radius 3 is 2.67 bits per heavy atom. The van der Waals surface area contributed by atoms with Crippen LogP contribution in [-0.2, 0) is 9.63 Å². The third-order valence-corrected chi connectivity index (χ3v) is 0.742. The fraction of sp³-hybridized carbons (Fsp3) is 0.500.